The van der Waals surface area contributed by atoms with E-state index in [1.54, 1.807) is 6.92 Å². The number of rotatable bonds is 6. The third-order valence-corrected chi connectivity index (χ3v) is 6.04. The van der Waals surface area contributed by atoms with E-state index in [1.165, 1.54) is 11.8 Å². The Balaban J connectivity index is 1.80. The normalized spacial score (nSPS) is 16.6. The maximum absolute atomic E-state index is 12.6. The van der Waals surface area contributed by atoms with Crippen molar-refractivity contribution in [3.05, 3.63) is 82.6 Å². The van der Waals surface area contributed by atoms with Crippen LogP contribution in [0.25, 0.3) is 17.0 Å². The summed E-state index contributed by atoms with van der Waals surface area (Å²) in [5, 5.41) is 12.5. The molecule has 164 valence electrons. The molecule has 1 aliphatic rings. The van der Waals surface area contributed by atoms with Gasteiger partial charge in [-0.15, -0.1) is 0 Å². The molecule has 2 heterocycles. The van der Waals surface area contributed by atoms with Gasteiger partial charge in [0, 0.05) is 29.2 Å². The number of carbonyl (C=O) groups excluding carboxylic acids is 1. The minimum atomic E-state index is -0.571. The summed E-state index contributed by atoms with van der Waals surface area (Å²) in [6, 6.07) is 17.6. The molecule has 1 N–H and O–H groups in total. The topological polar surface area (TPSA) is 63.8 Å². The number of hydrogen-bond acceptors (Lipinski definition) is 5. The Morgan fingerprint density at radius 2 is 1.88 bits per heavy atom. The van der Waals surface area contributed by atoms with Crippen LogP contribution in [0.2, 0.25) is 0 Å². The number of ether oxygens (including phenoxy) is 1. The summed E-state index contributed by atoms with van der Waals surface area (Å²) in [6.07, 6.45) is 4.02. The molecule has 0 saturated carbocycles. The van der Waals surface area contributed by atoms with Gasteiger partial charge >= 0.3 is 5.97 Å². The van der Waals surface area contributed by atoms with Crippen LogP contribution in [0.5, 0.6) is 0 Å². The molecule has 0 bridgehead atoms. The lowest BCUT2D eigenvalue weighted by Gasteiger charge is -2.07. The van der Waals surface area contributed by atoms with Gasteiger partial charge in [0.05, 0.1) is 17.2 Å². The Labute approximate surface area is 192 Å². The van der Waals surface area contributed by atoms with Crippen LogP contribution in [0.1, 0.15) is 26.3 Å². The molecule has 6 heteroatoms. The van der Waals surface area contributed by atoms with Gasteiger partial charge in [-0.2, -0.15) is 0 Å². The Kier molecular flexibility index (Phi) is 6.51. The van der Waals surface area contributed by atoms with Gasteiger partial charge < -0.3 is 14.4 Å². The smallest absolute Gasteiger partial charge is 0.344 e. The maximum atomic E-state index is 12.6. The van der Waals surface area contributed by atoms with Gasteiger partial charge in [0.1, 0.15) is 16.4 Å². The summed E-state index contributed by atoms with van der Waals surface area (Å²) in [7, 11) is 0. The van der Waals surface area contributed by atoms with E-state index in [2.05, 4.69) is 41.7 Å². The molecule has 2 aromatic carbocycles. The quantitative estimate of drug-likeness (QED) is 0.440. The highest BCUT2D eigenvalue weighted by molar-refractivity contribution is 8.18. The fourth-order valence-electron chi connectivity index (χ4n) is 3.69. The molecule has 0 amide bonds. The molecule has 0 radical (unpaired) electrons. The fourth-order valence-corrected chi connectivity index (χ4v) is 4.71. The van der Waals surface area contributed by atoms with Crippen molar-refractivity contribution in [3.8, 4) is 0 Å². The zero-order valence-electron chi connectivity index (χ0n) is 18.4. The van der Waals surface area contributed by atoms with Crippen molar-refractivity contribution in [1.29, 1.82) is 0 Å². The van der Waals surface area contributed by atoms with Crippen LogP contribution in [-0.4, -0.2) is 27.3 Å². The Hall–Kier alpha value is -3.25. The van der Waals surface area contributed by atoms with Gasteiger partial charge in [-0.1, -0.05) is 62.0 Å². The molecule has 3 aromatic rings. The molecule has 0 saturated heterocycles. The van der Waals surface area contributed by atoms with Crippen LogP contribution in [0.3, 0.4) is 0 Å². The Bertz CT molecular complexity index is 1240. The summed E-state index contributed by atoms with van der Waals surface area (Å²) in [5.74, 6) is -0.165. The number of benzene rings is 2. The highest BCUT2D eigenvalue weighted by Crippen LogP contribution is 2.41. The molecular formula is C26H26N2O3S. The first-order chi connectivity index (χ1) is 15.5. The van der Waals surface area contributed by atoms with Crippen LogP contribution >= 0.6 is 11.8 Å². The number of carbonyl (C=O) groups is 1. The predicted octanol–water partition coefficient (Wildman–Crippen LogP) is 6.49. The third-order valence-electron chi connectivity index (χ3n) is 5.02. The van der Waals surface area contributed by atoms with Crippen LogP contribution < -0.4 is 0 Å². The molecule has 0 fully saturated rings. The van der Waals surface area contributed by atoms with Crippen LogP contribution in [0, 0.1) is 5.92 Å². The predicted molar refractivity (Wildman–Crippen MR) is 132 cm³/mol. The zero-order chi connectivity index (χ0) is 22.7. The van der Waals surface area contributed by atoms with Crippen molar-refractivity contribution in [2.24, 2.45) is 10.9 Å². The van der Waals surface area contributed by atoms with Crippen LogP contribution in [-0.2, 0) is 16.1 Å². The van der Waals surface area contributed by atoms with Crippen molar-refractivity contribution in [2.45, 2.75) is 27.3 Å². The number of hydrogen-bond donors (Lipinski definition) is 1. The highest BCUT2D eigenvalue weighted by atomic mass is 32.2. The first-order valence-corrected chi connectivity index (χ1v) is 11.5. The number of fused-ring (bicyclic) bond motifs is 1. The molecule has 0 atom stereocenters. The Morgan fingerprint density at radius 1 is 1.16 bits per heavy atom. The minimum absolute atomic E-state index is 0.0937. The van der Waals surface area contributed by atoms with Crippen molar-refractivity contribution < 1.29 is 14.6 Å². The molecule has 0 aliphatic carbocycles. The van der Waals surface area contributed by atoms with Gasteiger partial charge in [0.2, 0.25) is 0 Å². The van der Waals surface area contributed by atoms with E-state index in [0.29, 0.717) is 21.6 Å². The van der Waals surface area contributed by atoms with Crippen molar-refractivity contribution in [3.63, 3.8) is 0 Å². The maximum Gasteiger partial charge on any atom is 0.344 e. The van der Waals surface area contributed by atoms with Crippen molar-refractivity contribution in [1.82, 2.24) is 4.57 Å². The van der Waals surface area contributed by atoms with E-state index >= 15 is 0 Å². The molecule has 0 spiro atoms. The van der Waals surface area contributed by atoms with Gasteiger partial charge in [-0.3, -0.25) is 0 Å². The first-order valence-electron chi connectivity index (χ1n) is 10.7. The largest absolute Gasteiger partial charge is 0.506 e. The number of para-hydroxylation sites is 2. The number of aliphatic hydroxyl groups excluding tert-OH is 1. The van der Waals surface area contributed by atoms with Gasteiger partial charge in [0.15, 0.2) is 0 Å². The molecule has 1 aliphatic heterocycles. The van der Waals surface area contributed by atoms with Gasteiger partial charge in [0.25, 0.3) is 0 Å². The van der Waals surface area contributed by atoms with Crippen LogP contribution in [0.4, 0.5) is 5.69 Å². The van der Waals surface area contributed by atoms with Gasteiger partial charge in [-0.05, 0) is 37.1 Å². The number of aromatic nitrogens is 1. The van der Waals surface area contributed by atoms with E-state index < -0.39 is 5.97 Å². The average molecular weight is 447 g/mol. The molecular weight excluding hydrogens is 420 g/mol. The van der Waals surface area contributed by atoms with E-state index in [4.69, 9.17) is 4.74 Å². The molecule has 0 unspecified atom stereocenters. The first kappa shape index (κ1) is 22.0. The fraction of sp³-hybridized carbons (Fsp3) is 0.231. The summed E-state index contributed by atoms with van der Waals surface area (Å²) in [6.45, 7) is 7.23. The molecule has 1 aromatic heterocycles. The van der Waals surface area contributed by atoms with E-state index in [-0.39, 0.29) is 17.9 Å². The number of aliphatic imine (C=N–C) groups is 1. The second-order valence-corrected chi connectivity index (χ2v) is 8.99. The average Bonchev–Trinajstić information content (AvgIpc) is 3.26. The Morgan fingerprint density at radius 3 is 2.59 bits per heavy atom. The van der Waals surface area contributed by atoms with Gasteiger partial charge in [-0.25, -0.2) is 9.79 Å². The zero-order valence-corrected chi connectivity index (χ0v) is 19.2. The van der Waals surface area contributed by atoms with Crippen molar-refractivity contribution in [2.75, 3.05) is 6.61 Å². The second-order valence-electron chi connectivity index (χ2n) is 7.96. The van der Waals surface area contributed by atoms with Crippen molar-refractivity contribution >= 4 is 45.4 Å². The minimum Gasteiger partial charge on any atom is -0.506 e. The van der Waals surface area contributed by atoms with E-state index in [9.17, 15) is 9.90 Å². The van der Waals surface area contributed by atoms with E-state index in [0.717, 1.165) is 23.0 Å². The lowest BCUT2D eigenvalue weighted by molar-refractivity contribution is -0.138. The summed E-state index contributed by atoms with van der Waals surface area (Å²) >= 11 is 1.28. The summed E-state index contributed by atoms with van der Waals surface area (Å²) in [5.41, 5.74) is 2.94. The third kappa shape index (κ3) is 4.50. The summed E-state index contributed by atoms with van der Waals surface area (Å²) < 4.78 is 7.43. The lowest BCUT2D eigenvalue weighted by atomic mass is 10.1. The second kappa shape index (κ2) is 9.49. The number of thioether (sulfide) groups is 1. The molecule has 32 heavy (non-hydrogen) atoms. The lowest BCUT2D eigenvalue weighted by Crippen LogP contribution is -2.12. The molecule has 5 nitrogen and oxygen atoms in total. The monoisotopic (exact) mass is 446 g/mol. The summed E-state index contributed by atoms with van der Waals surface area (Å²) in [4.78, 5) is 17.8. The highest BCUT2D eigenvalue weighted by Gasteiger charge is 2.33. The number of esters is 1. The molecule has 4 rings (SSSR count). The number of nitrogens with zero attached hydrogens (tertiary/aromatic N) is 2. The van der Waals surface area contributed by atoms with E-state index in [1.807, 2.05) is 48.5 Å². The SMILES string of the molecule is CCOC(=O)C1=C(O)/C(=C/c2cn(CC(C)C)c3ccccc23)SC1=Nc1ccccc1. The van der Waals surface area contributed by atoms with Crippen LogP contribution in [0.15, 0.2) is 82.0 Å². The standard InChI is InChI=1S/C26H26N2O3S/c1-4-31-26(30)23-24(29)22(32-25(23)27-19-10-6-5-7-11-19)14-18-16-28(15-17(2)3)21-13-9-8-12-20(18)21/h5-14,16-17,29H,4,15H2,1-3H3/b22-14-,27-25?. The number of aliphatic hydroxyl groups is 1.